The Hall–Kier alpha value is -1.26. The van der Waals surface area contributed by atoms with Crippen LogP contribution in [0.3, 0.4) is 0 Å². The number of nitrogens with two attached hydrogens (primary N) is 1. The second kappa shape index (κ2) is 6.07. The molecule has 100 valence electrons. The average molecular weight is 271 g/mol. The van der Waals surface area contributed by atoms with E-state index in [1.807, 2.05) is 18.2 Å². The summed E-state index contributed by atoms with van der Waals surface area (Å²) in [5.41, 5.74) is 7.90. The van der Waals surface area contributed by atoms with Gasteiger partial charge in [-0.3, -0.25) is 4.79 Å². The highest BCUT2D eigenvalue weighted by Crippen LogP contribution is 2.36. The summed E-state index contributed by atoms with van der Waals surface area (Å²) in [5, 5.41) is 2.97. The molecule has 1 amide bonds. The van der Waals surface area contributed by atoms with E-state index >= 15 is 0 Å². The van der Waals surface area contributed by atoms with Crippen LogP contribution in [0.4, 0.5) is 0 Å². The molecule has 1 aliphatic carbocycles. The highest BCUT2D eigenvalue weighted by atomic mass is 35.5. The summed E-state index contributed by atoms with van der Waals surface area (Å²) in [6, 6.07) is 5.54. The molecule has 1 aliphatic rings. The van der Waals surface area contributed by atoms with Gasteiger partial charge < -0.3 is 15.8 Å². The molecule has 2 rings (SSSR count). The maximum atomic E-state index is 11.6. The minimum atomic E-state index is -0.468. The van der Waals surface area contributed by atoms with Crippen molar-refractivity contribution in [2.45, 2.75) is 31.8 Å². The fraction of sp³-hybridized carbons (Fsp3) is 0.462. The van der Waals surface area contributed by atoms with Crippen molar-refractivity contribution < 1.29 is 9.53 Å². The third-order valence-corrected chi connectivity index (χ3v) is 3.18. The van der Waals surface area contributed by atoms with Gasteiger partial charge in [0.2, 0.25) is 5.91 Å². The molecular formula is C13H19ClN2O2. The van der Waals surface area contributed by atoms with Crippen molar-refractivity contribution in [1.29, 1.82) is 0 Å². The number of hydrogen-bond acceptors (Lipinski definition) is 3. The Balaban J connectivity index is 0.00000162. The number of rotatable bonds is 3. The molecule has 0 radical (unpaired) electrons. The second-order valence-corrected chi connectivity index (χ2v) is 4.42. The molecule has 0 aliphatic heterocycles. The Labute approximate surface area is 113 Å². The maximum Gasteiger partial charge on any atom is 0.237 e. The lowest BCUT2D eigenvalue weighted by Crippen LogP contribution is -2.39. The summed E-state index contributed by atoms with van der Waals surface area (Å²) in [7, 11) is 1.67. The maximum absolute atomic E-state index is 11.6. The summed E-state index contributed by atoms with van der Waals surface area (Å²) in [6.07, 6.45) is 1.84. The Kier molecular flexibility index (Phi) is 4.99. The van der Waals surface area contributed by atoms with E-state index in [0.29, 0.717) is 0 Å². The van der Waals surface area contributed by atoms with Crippen molar-refractivity contribution in [2.24, 2.45) is 5.73 Å². The number of methoxy groups -OCH3 is 1. The fourth-order valence-electron chi connectivity index (χ4n) is 2.27. The number of carbonyl (C=O) groups excluding carboxylic acids is 1. The Morgan fingerprint density at radius 2 is 2.28 bits per heavy atom. The second-order valence-electron chi connectivity index (χ2n) is 4.42. The SMILES string of the molecule is COc1cccc2c1CCC2NC(=O)[C@@H](C)N.Cl. The first-order valence-corrected chi connectivity index (χ1v) is 5.85. The average Bonchev–Trinajstić information content (AvgIpc) is 2.72. The monoisotopic (exact) mass is 270 g/mol. The highest BCUT2D eigenvalue weighted by molar-refractivity contribution is 5.85. The standard InChI is InChI=1S/C13H18N2O2.ClH/c1-8(14)13(16)15-11-7-6-10-9(11)4-3-5-12(10)17-2;/h3-5,8,11H,6-7,14H2,1-2H3,(H,15,16);1H/t8-,11?;/m1./s1. The van der Waals surface area contributed by atoms with Gasteiger partial charge in [-0.15, -0.1) is 12.4 Å². The molecule has 0 bridgehead atoms. The molecule has 0 saturated heterocycles. The zero-order valence-electron chi connectivity index (χ0n) is 10.6. The number of benzene rings is 1. The van der Waals surface area contributed by atoms with Gasteiger partial charge >= 0.3 is 0 Å². The molecule has 1 aromatic rings. The lowest BCUT2D eigenvalue weighted by atomic mass is 10.1. The van der Waals surface area contributed by atoms with Crippen LogP contribution in [0.1, 0.15) is 30.5 Å². The molecule has 4 nitrogen and oxygen atoms in total. The molecule has 0 fully saturated rings. The van der Waals surface area contributed by atoms with Crippen molar-refractivity contribution in [2.75, 3.05) is 7.11 Å². The van der Waals surface area contributed by atoms with E-state index in [-0.39, 0.29) is 24.4 Å². The molecule has 0 heterocycles. The zero-order chi connectivity index (χ0) is 12.4. The molecule has 3 N–H and O–H groups in total. The topological polar surface area (TPSA) is 64.3 Å². The number of hydrogen-bond donors (Lipinski definition) is 2. The molecular weight excluding hydrogens is 252 g/mol. The van der Waals surface area contributed by atoms with Crippen LogP contribution < -0.4 is 15.8 Å². The highest BCUT2D eigenvalue weighted by Gasteiger charge is 2.26. The van der Waals surface area contributed by atoms with Gasteiger partial charge in [-0.25, -0.2) is 0 Å². The predicted molar refractivity (Wildman–Crippen MR) is 73.1 cm³/mol. The summed E-state index contributed by atoms with van der Waals surface area (Å²) in [4.78, 5) is 11.6. The molecule has 1 aromatic carbocycles. The van der Waals surface area contributed by atoms with Crippen LogP contribution in [0.5, 0.6) is 5.75 Å². The Morgan fingerprint density at radius 3 is 2.89 bits per heavy atom. The van der Waals surface area contributed by atoms with Crippen LogP contribution in [0.2, 0.25) is 0 Å². The summed E-state index contributed by atoms with van der Waals surface area (Å²) in [5.74, 6) is 0.797. The van der Waals surface area contributed by atoms with Crippen LogP contribution >= 0.6 is 12.4 Å². The van der Waals surface area contributed by atoms with Crippen LogP contribution in [-0.4, -0.2) is 19.1 Å². The van der Waals surface area contributed by atoms with E-state index in [1.54, 1.807) is 14.0 Å². The van der Waals surface area contributed by atoms with Crippen LogP contribution in [0, 0.1) is 0 Å². The fourth-order valence-corrected chi connectivity index (χ4v) is 2.27. The largest absolute Gasteiger partial charge is 0.496 e. The van der Waals surface area contributed by atoms with Gasteiger partial charge in [0.15, 0.2) is 0 Å². The van der Waals surface area contributed by atoms with Gasteiger partial charge in [-0.1, -0.05) is 12.1 Å². The number of amides is 1. The summed E-state index contributed by atoms with van der Waals surface area (Å²) in [6.45, 7) is 1.69. The van der Waals surface area contributed by atoms with Gasteiger partial charge in [0.05, 0.1) is 19.2 Å². The third-order valence-electron chi connectivity index (χ3n) is 3.18. The molecule has 1 unspecified atom stereocenters. The van der Waals surface area contributed by atoms with Crippen molar-refractivity contribution in [3.05, 3.63) is 29.3 Å². The van der Waals surface area contributed by atoms with Gasteiger partial charge in [0.1, 0.15) is 5.75 Å². The number of ether oxygens (including phenoxy) is 1. The normalized spacial score (nSPS) is 18.5. The molecule has 0 spiro atoms. The number of fused-ring (bicyclic) bond motifs is 1. The molecule has 2 atom stereocenters. The summed E-state index contributed by atoms with van der Waals surface area (Å²) < 4.78 is 5.32. The van der Waals surface area contributed by atoms with Gasteiger partial charge in [-0.2, -0.15) is 0 Å². The van der Waals surface area contributed by atoms with Gasteiger partial charge in [0, 0.05) is 0 Å². The molecule has 5 heteroatoms. The first-order chi connectivity index (χ1) is 8.13. The number of carbonyl (C=O) groups is 1. The first kappa shape index (κ1) is 14.8. The zero-order valence-corrected chi connectivity index (χ0v) is 11.4. The quantitative estimate of drug-likeness (QED) is 0.876. The lowest BCUT2D eigenvalue weighted by molar-refractivity contribution is -0.122. The van der Waals surface area contributed by atoms with Crippen molar-refractivity contribution in [1.82, 2.24) is 5.32 Å². The van der Waals surface area contributed by atoms with Gasteiger partial charge in [0.25, 0.3) is 0 Å². The van der Waals surface area contributed by atoms with Crippen LogP contribution in [-0.2, 0) is 11.2 Å². The molecule has 0 aromatic heterocycles. The van der Waals surface area contributed by atoms with Crippen LogP contribution in [0.25, 0.3) is 0 Å². The van der Waals surface area contributed by atoms with Gasteiger partial charge in [-0.05, 0) is 37.0 Å². The number of halogens is 1. The van der Waals surface area contributed by atoms with E-state index in [0.717, 1.165) is 24.2 Å². The lowest BCUT2D eigenvalue weighted by Gasteiger charge is -2.16. The Bertz CT molecular complexity index is 435. The van der Waals surface area contributed by atoms with E-state index in [9.17, 15) is 4.79 Å². The van der Waals surface area contributed by atoms with Crippen molar-refractivity contribution in [3.8, 4) is 5.75 Å². The minimum Gasteiger partial charge on any atom is -0.496 e. The molecule has 0 saturated carbocycles. The predicted octanol–water partition coefficient (Wildman–Crippen LogP) is 1.57. The molecule has 18 heavy (non-hydrogen) atoms. The minimum absolute atomic E-state index is 0. The summed E-state index contributed by atoms with van der Waals surface area (Å²) >= 11 is 0. The number of nitrogens with one attached hydrogen (secondary N) is 1. The van der Waals surface area contributed by atoms with Crippen molar-refractivity contribution in [3.63, 3.8) is 0 Å². The van der Waals surface area contributed by atoms with E-state index < -0.39 is 6.04 Å². The van der Waals surface area contributed by atoms with Crippen molar-refractivity contribution >= 4 is 18.3 Å². The van der Waals surface area contributed by atoms with E-state index in [4.69, 9.17) is 10.5 Å². The van der Waals surface area contributed by atoms with Crippen LogP contribution in [0.15, 0.2) is 18.2 Å². The first-order valence-electron chi connectivity index (χ1n) is 5.85. The third kappa shape index (κ3) is 2.76. The smallest absolute Gasteiger partial charge is 0.237 e. The van der Waals surface area contributed by atoms with E-state index in [1.165, 1.54) is 5.56 Å². The Morgan fingerprint density at radius 1 is 1.56 bits per heavy atom. The van der Waals surface area contributed by atoms with E-state index in [2.05, 4.69) is 5.32 Å².